The highest BCUT2D eigenvalue weighted by Crippen LogP contribution is 2.28. The molecule has 0 atom stereocenters. The number of sulfone groups is 1. The number of benzene rings is 2. The Morgan fingerprint density at radius 1 is 1.00 bits per heavy atom. The van der Waals surface area contributed by atoms with Gasteiger partial charge in [-0.15, -0.1) is 0 Å². The average Bonchev–Trinajstić information content (AvgIpc) is 2.37. The van der Waals surface area contributed by atoms with Crippen molar-refractivity contribution >= 4 is 15.8 Å². The van der Waals surface area contributed by atoms with Gasteiger partial charge in [0.15, 0.2) is 9.84 Å². The van der Waals surface area contributed by atoms with Crippen molar-refractivity contribution in [3.63, 3.8) is 0 Å². The van der Waals surface area contributed by atoms with Gasteiger partial charge >= 0.3 is 5.97 Å². The van der Waals surface area contributed by atoms with Gasteiger partial charge in [0.05, 0.1) is 10.5 Å². The van der Waals surface area contributed by atoms with E-state index in [9.17, 15) is 18.3 Å². The first-order valence-electron chi connectivity index (χ1n) is 5.53. The van der Waals surface area contributed by atoms with Crippen molar-refractivity contribution in [3.8, 4) is 11.1 Å². The van der Waals surface area contributed by atoms with Crippen LogP contribution >= 0.6 is 0 Å². The van der Waals surface area contributed by atoms with Gasteiger partial charge in [-0.2, -0.15) is 0 Å². The first kappa shape index (κ1) is 13.3. The van der Waals surface area contributed by atoms with E-state index in [-0.39, 0.29) is 10.5 Å². The number of hydrogen-bond acceptors (Lipinski definition) is 3. The smallest absolute Gasteiger partial charge is 0.337 e. The molecule has 2 aromatic carbocycles. The topological polar surface area (TPSA) is 71.4 Å². The molecule has 0 spiro atoms. The molecule has 0 bridgehead atoms. The molecule has 0 saturated heterocycles. The van der Waals surface area contributed by atoms with Crippen LogP contribution in [0.2, 0.25) is 0 Å². The largest absolute Gasteiger partial charge is 0.478 e. The fourth-order valence-corrected chi connectivity index (χ4v) is 2.81. The van der Waals surface area contributed by atoms with Crippen molar-refractivity contribution in [2.24, 2.45) is 0 Å². The second-order valence-electron chi connectivity index (χ2n) is 4.12. The predicted molar refractivity (Wildman–Crippen MR) is 71.9 cm³/mol. The minimum atomic E-state index is -3.59. The highest BCUT2D eigenvalue weighted by molar-refractivity contribution is 7.90. The molecule has 0 radical (unpaired) electrons. The van der Waals surface area contributed by atoms with Crippen LogP contribution in [-0.4, -0.2) is 25.7 Å². The molecule has 98 valence electrons. The standard InChI is InChI=1S/C14H12O4S/c1-19(17,18)12-9-5-8-11(13(12)14(15)16)10-6-3-2-4-7-10/h2-9H,1H3,(H,15,16). The van der Waals surface area contributed by atoms with E-state index in [0.717, 1.165) is 6.26 Å². The van der Waals surface area contributed by atoms with Crippen LogP contribution in [-0.2, 0) is 9.84 Å². The third-order valence-electron chi connectivity index (χ3n) is 2.72. The first-order chi connectivity index (χ1) is 8.91. The van der Waals surface area contributed by atoms with Crippen LogP contribution in [0.5, 0.6) is 0 Å². The molecule has 2 aromatic rings. The Bertz CT molecular complexity index is 718. The van der Waals surface area contributed by atoms with Crippen LogP contribution in [0.25, 0.3) is 11.1 Å². The summed E-state index contributed by atoms with van der Waals surface area (Å²) in [4.78, 5) is 11.2. The zero-order valence-electron chi connectivity index (χ0n) is 10.2. The first-order valence-corrected chi connectivity index (χ1v) is 7.42. The summed E-state index contributed by atoms with van der Waals surface area (Å²) in [5.41, 5.74) is 0.887. The van der Waals surface area contributed by atoms with Gasteiger partial charge in [-0.3, -0.25) is 0 Å². The van der Waals surface area contributed by atoms with Gasteiger partial charge in [-0.25, -0.2) is 13.2 Å². The molecule has 0 aromatic heterocycles. The Labute approximate surface area is 111 Å². The second kappa shape index (κ2) is 4.85. The normalized spacial score (nSPS) is 11.2. The van der Waals surface area contributed by atoms with E-state index in [1.165, 1.54) is 6.07 Å². The lowest BCUT2D eigenvalue weighted by Crippen LogP contribution is -2.09. The number of hydrogen-bond donors (Lipinski definition) is 1. The van der Waals surface area contributed by atoms with Crippen molar-refractivity contribution in [2.45, 2.75) is 4.90 Å². The third kappa shape index (κ3) is 2.66. The van der Waals surface area contributed by atoms with Gasteiger partial charge in [0.2, 0.25) is 0 Å². The lowest BCUT2D eigenvalue weighted by atomic mass is 10.00. The zero-order chi connectivity index (χ0) is 14.0. The van der Waals surface area contributed by atoms with E-state index in [0.29, 0.717) is 11.1 Å². The molecule has 0 heterocycles. The Morgan fingerprint density at radius 2 is 1.63 bits per heavy atom. The molecule has 5 heteroatoms. The van der Waals surface area contributed by atoms with Crippen LogP contribution in [0.4, 0.5) is 0 Å². The van der Waals surface area contributed by atoms with Crippen LogP contribution in [0.1, 0.15) is 10.4 Å². The summed E-state index contributed by atoms with van der Waals surface area (Å²) in [5.74, 6) is -1.25. The van der Waals surface area contributed by atoms with Crippen LogP contribution in [0.15, 0.2) is 53.4 Å². The summed E-state index contributed by atoms with van der Waals surface area (Å²) in [6.07, 6.45) is 1.00. The summed E-state index contributed by atoms with van der Waals surface area (Å²) < 4.78 is 23.4. The van der Waals surface area contributed by atoms with Gasteiger partial charge in [-0.05, 0) is 17.2 Å². The van der Waals surface area contributed by atoms with Crippen molar-refractivity contribution in [1.82, 2.24) is 0 Å². The molecular weight excluding hydrogens is 264 g/mol. The van der Waals surface area contributed by atoms with Gasteiger partial charge < -0.3 is 5.11 Å². The van der Waals surface area contributed by atoms with E-state index in [2.05, 4.69) is 0 Å². The molecule has 0 unspecified atom stereocenters. The lowest BCUT2D eigenvalue weighted by molar-refractivity contribution is 0.0693. The number of carbonyl (C=O) groups is 1. The fraction of sp³-hybridized carbons (Fsp3) is 0.0714. The van der Waals surface area contributed by atoms with Gasteiger partial charge in [0.25, 0.3) is 0 Å². The molecule has 2 rings (SSSR count). The Balaban J connectivity index is 2.80. The van der Waals surface area contributed by atoms with E-state index in [1.54, 1.807) is 36.4 Å². The number of carboxylic acids is 1. The van der Waals surface area contributed by atoms with E-state index in [4.69, 9.17) is 0 Å². The maximum absolute atomic E-state index is 11.7. The Kier molecular flexibility index (Phi) is 3.40. The summed E-state index contributed by atoms with van der Waals surface area (Å²) in [6.45, 7) is 0. The number of carboxylic acid groups (broad SMARTS) is 1. The molecule has 0 amide bonds. The number of rotatable bonds is 3. The van der Waals surface area contributed by atoms with Crippen molar-refractivity contribution in [3.05, 3.63) is 54.1 Å². The molecule has 1 N–H and O–H groups in total. The lowest BCUT2D eigenvalue weighted by Gasteiger charge is -2.10. The average molecular weight is 276 g/mol. The van der Waals surface area contributed by atoms with Gasteiger partial charge in [-0.1, -0.05) is 42.5 Å². The van der Waals surface area contributed by atoms with E-state index in [1.807, 2.05) is 6.07 Å². The van der Waals surface area contributed by atoms with Crippen LogP contribution in [0, 0.1) is 0 Å². The van der Waals surface area contributed by atoms with Crippen molar-refractivity contribution in [2.75, 3.05) is 6.26 Å². The SMILES string of the molecule is CS(=O)(=O)c1cccc(-c2ccccc2)c1C(=O)O. The maximum atomic E-state index is 11.7. The maximum Gasteiger partial charge on any atom is 0.337 e. The highest BCUT2D eigenvalue weighted by Gasteiger charge is 2.22. The molecule has 19 heavy (non-hydrogen) atoms. The molecule has 0 aliphatic carbocycles. The Morgan fingerprint density at radius 3 is 2.16 bits per heavy atom. The molecule has 0 aliphatic rings. The summed E-state index contributed by atoms with van der Waals surface area (Å²) in [5, 5.41) is 9.31. The van der Waals surface area contributed by atoms with Gasteiger partial charge in [0.1, 0.15) is 0 Å². The summed E-state index contributed by atoms with van der Waals surface area (Å²) in [6, 6.07) is 13.3. The molecular formula is C14H12O4S. The molecule has 4 nitrogen and oxygen atoms in total. The quantitative estimate of drug-likeness (QED) is 0.934. The van der Waals surface area contributed by atoms with Crippen LogP contribution in [0.3, 0.4) is 0 Å². The number of aromatic carboxylic acids is 1. The van der Waals surface area contributed by atoms with Crippen molar-refractivity contribution in [1.29, 1.82) is 0 Å². The summed E-state index contributed by atoms with van der Waals surface area (Å²) >= 11 is 0. The van der Waals surface area contributed by atoms with Crippen LogP contribution < -0.4 is 0 Å². The molecule has 0 saturated carbocycles. The van der Waals surface area contributed by atoms with E-state index < -0.39 is 15.8 Å². The second-order valence-corrected chi connectivity index (χ2v) is 6.11. The third-order valence-corrected chi connectivity index (χ3v) is 3.86. The highest BCUT2D eigenvalue weighted by atomic mass is 32.2. The predicted octanol–water partition coefficient (Wildman–Crippen LogP) is 2.46. The van der Waals surface area contributed by atoms with E-state index >= 15 is 0 Å². The van der Waals surface area contributed by atoms with Gasteiger partial charge in [0, 0.05) is 6.26 Å². The molecule has 0 aliphatic heterocycles. The van der Waals surface area contributed by atoms with Crippen molar-refractivity contribution < 1.29 is 18.3 Å². The zero-order valence-corrected chi connectivity index (χ0v) is 11.0. The minimum Gasteiger partial charge on any atom is -0.478 e. The minimum absolute atomic E-state index is 0.165. The fourth-order valence-electron chi connectivity index (χ4n) is 1.92. The monoisotopic (exact) mass is 276 g/mol. The summed E-state index contributed by atoms with van der Waals surface area (Å²) in [7, 11) is -3.59. The molecule has 0 fully saturated rings. The Hall–Kier alpha value is -2.14.